The van der Waals surface area contributed by atoms with Crippen LogP contribution in [0.4, 0.5) is 0 Å². The van der Waals surface area contributed by atoms with Crippen LogP contribution in [-0.4, -0.2) is 5.91 Å². The van der Waals surface area contributed by atoms with E-state index >= 15 is 0 Å². The minimum absolute atomic E-state index is 0.606. The van der Waals surface area contributed by atoms with Crippen LogP contribution in [0.1, 0.15) is 11.1 Å². The molecule has 0 fully saturated rings. The molecule has 4 heteroatoms. The lowest BCUT2D eigenvalue weighted by Gasteiger charge is -2.07. The first-order chi connectivity index (χ1) is 9.31. The predicted molar refractivity (Wildman–Crippen MR) is 74.1 cm³/mol. The number of azide groups is 1. The van der Waals surface area contributed by atoms with Crippen molar-refractivity contribution in [1.29, 1.82) is 0 Å². The Morgan fingerprint density at radius 3 is 1.84 bits per heavy atom. The number of carbonyl (C=O) groups excluding carboxylic acids is 1. The zero-order valence-corrected chi connectivity index (χ0v) is 10.1. The molecule has 0 aliphatic heterocycles. The van der Waals surface area contributed by atoms with Crippen molar-refractivity contribution in [3.8, 4) is 0 Å². The summed E-state index contributed by atoms with van der Waals surface area (Å²) in [5.74, 6) is -0.606. The van der Waals surface area contributed by atoms with E-state index in [9.17, 15) is 4.79 Å². The fourth-order valence-electron chi connectivity index (χ4n) is 1.77. The second kappa shape index (κ2) is 6.19. The predicted octanol–water partition coefficient (Wildman–Crippen LogP) is 3.96. The van der Waals surface area contributed by atoms with E-state index in [0.29, 0.717) is 0 Å². The second-order valence-corrected chi connectivity index (χ2v) is 3.82. The SMILES string of the molecule is [N-]=[N+]=NC(=O)C=C(c1ccccc1)c1ccccc1. The maximum Gasteiger partial charge on any atom is 0.242 e. The van der Waals surface area contributed by atoms with Gasteiger partial charge in [-0.1, -0.05) is 60.7 Å². The minimum Gasteiger partial charge on any atom is -0.288 e. The summed E-state index contributed by atoms with van der Waals surface area (Å²) in [7, 11) is 0. The Bertz CT molecular complexity index is 600. The first kappa shape index (κ1) is 12.6. The van der Waals surface area contributed by atoms with Crippen LogP contribution < -0.4 is 0 Å². The van der Waals surface area contributed by atoms with Crippen LogP contribution in [0.15, 0.2) is 71.9 Å². The molecule has 0 saturated heterocycles. The van der Waals surface area contributed by atoms with E-state index in [0.717, 1.165) is 16.7 Å². The number of nitrogens with zero attached hydrogens (tertiary/aromatic N) is 3. The van der Waals surface area contributed by atoms with Crippen LogP contribution >= 0.6 is 0 Å². The second-order valence-electron chi connectivity index (χ2n) is 3.82. The topological polar surface area (TPSA) is 65.8 Å². The number of amides is 1. The van der Waals surface area contributed by atoms with Crippen molar-refractivity contribution in [3.05, 3.63) is 88.3 Å². The van der Waals surface area contributed by atoms with Crippen LogP contribution in [0.5, 0.6) is 0 Å². The zero-order chi connectivity index (χ0) is 13.5. The fraction of sp³-hybridized carbons (Fsp3) is 0. The van der Waals surface area contributed by atoms with Gasteiger partial charge < -0.3 is 0 Å². The number of hydrogen-bond acceptors (Lipinski definition) is 1. The van der Waals surface area contributed by atoms with Crippen LogP contribution in [-0.2, 0) is 4.79 Å². The lowest BCUT2D eigenvalue weighted by atomic mass is 9.97. The van der Waals surface area contributed by atoms with Gasteiger partial charge in [-0.3, -0.25) is 4.79 Å². The van der Waals surface area contributed by atoms with E-state index in [4.69, 9.17) is 5.53 Å². The molecule has 0 aliphatic carbocycles. The summed E-state index contributed by atoms with van der Waals surface area (Å²) >= 11 is 0. The summed E-state index contributed by atoms with van der Waals surface area (Å²) in [6.07, 6.45) is 1.35. The summed E-state index contributed by atoms with van der Waals surface area (Å²) in [6.45, 7) is 0. The highest BCUT2D eigenvalue weighted by Crippen LogP contribution is 2.23. The molecule has 2 aromatic rings. The molecular formula is C15H11N3O. The third-order valence-corrected chi connectivity index (χ3v) is 2.58. The zero-order valence-electron chi connectivity index (χ0n) is 10.1. The van der Waals surface area contributed by atoms with Crippen molar-refractivity contribution in [1.82, 2.24) is 0 Å². The highest BCUT2D eigenvalue weighted by Gasteiger charge is 2.06. The molecule has 92 valence electrons. The van der Waals surface area contributed by atoms with Crippen molar-refractivity contribution in [2.24, 2.45) is 5.11 Å². The number of rotatable bonds is 3. The van der Waals surface area contributed by atoms with Crippen LogP contribution in [0.25, 0.3) is 16.0 Å². The molecule has 1 amide bonds. The Morgan fingerprint density at radius 2 is 1.42 bits per heavy atom. The van der Waals surface area contributed by atoms with Gasteiger partial charge in [-0.05, 0) is 33.4 Å². The molecule has 0 aromatic heterocycles. The molecule has 2 rings (SSSR count). The maximum absolute atomic E-state index is 11.5. The molecule has 0 bridgehead atoms. The van der Waals surface area contributed by atoms with E-state index in [1.54, 1.807) is 0 Å². The largest absolute Gasteiger partial charge is 0.288 e. The lowest BCUT2D eigenvalue weighted by Crippen LogP contribution is -1.92. The third kappa shape index (κ3) is 3.31. The summed E-state index contributed by atoms with van der Waals surface area (Å²) in [5.41, 5.74) is 10.8. The molecule has 19 heavy (non-hydrogen) atoms. The average Bonchev–Trinajstić information content (AvgIpc) is 2.47. The Morgan fingerprint density at radius 1 is 0.947 bits per heavy atom. The van der Waals surface area contributed by atoms with E-state index in [-0.39, 0.29) is 0 Å². The molecule has 0 heterocycles. The van der Waals surface area contributed by atoms with Crippen molar-refractivity contribution in [3.63, 3.8) is 0 Å². The minimum atomic E-state index is -0.606. The van der Waals surface area contributed by atoms with Gasteiger partial charge in [0.15, 0.2) is 0 Å². The molecule has 0 N–H and O–H groups in total. The number of carbonyl (C=O) groups is 1. The maximum atomic E-state index is 11.5. The molecule has 0 unspecified atom stereocenters. The number of benzene rings is 2. The molecule has 4 nitrogen and oxygen atoms in total. The highest BCUT2D eigenvalue weighted by atomic mass is 16.1. The van der Waals surface area contributed by atoms with Crippen LogP contribution in [0, 0.1) is 0 Å². The van der Waals surface area contributed by atoms with Crippen molar-refractivity contribution >= 4 is 11.5 Å². The summed E-state index contributed by atoms with van der Waals surface area (Å²) in [4.78, 5) is 14.0. The van der Waals surface area contributed by atoms with Gasteiger partial charge in [0.2, 0.25) is 5.91 Å². The molecule has 0 radical (unpaired) electrons. The summed E-state index contributed by atoms with van der Waals surface area (Å²) in [6, 6.07) is 19.0. The van der Waals surface area contributed by atoms with Crippen LogP contribution in [0.2, 0.25) is 0 Å². The quantitative estimate of drug-likeness (QED) is 0.351. The van der Waals surface area contributed by atoms with Crippen molar-refractivity contribution in [2.45, 2.75) is 0 Å². The van der Waals surface area contributed by atoms with Gasteiger partial charge in [0.1, 0.15) is 0 Å². The molecule has 0 saturated carbocycles. The highest BCUT2D eigenvalue weighted by molar-refractivity contribution is 5.99. The van der Waals surface area contributed by atoms with E-state index in [1.165, 1.54) is 6.08 Å². The fourth-order valence-corrected chi connectivity index (χ4v) is 1.77. The summed E-state index contributed by atoms with van der Waals surface area (Å²) in [5, 5.41) is 3.08. The monoisotopic (exact) mass is 249 g/mol. The molecular weight excluding hydrogens is 238 g/mol. The van der Waals surface area contributed by atoms with Gasteiger partial charge in [-0.15, -0.1) is 0 Å². The Kier molecular flexibility index (Phi) is 4.11. The van der Waals surface area contributed by atoms with Gasteiger partial charge in [0.25, 0.3) is 0 Å². The van der Waals surface area contributed by atoms with Gasteiger partial charge in [0.05, 0.1) is 0 Å². The van der Waals surface area contributed by atoms with E-state index in [2.05, 4.69) is 10.0 Å². The summed E-state index contributed by atoms with van der Waals surface area (Å²) < 4.78 is 0. The first-order valence-corrected chi connectivity index (χ1v) is 5.73. The standard InChI is InChI=1S/C15H11N3O/c16-18-17-15(19)11-14(12-7-3-1-4-8-12)13-9-5-2-6-10-13/h1-11H. The van der Waals surface area contributed by atoms with Gasteiger partial charge in [-0.2, -0.15) is 0 Å². The molecule has 0 atom stereocenters. The first-order valence-electron chi connectivity index (χ1n) is 5.73. The lowest BCUT2D eigenvalue weighted by molar-refractivity contribution is -0.113. The molecule has 0 spiro atoms. The number of hydrogen-bond donors (Lipinski definition) is 0. The van der Waals surface area contributed by atoms with Crippen molar-refractivity contribution < 1.29 is 4.79 Å². The molecule has 2 aromatic carbocycles. The normalized spacial score (nSPS) is 9.26. The third-order valence-electron chi connectivity index (χ3n) is 2.58. The average molecular weight is 249 g/mol. The van der Waals surface area contributed by atoms with Gasteiger partial charge in [0, 0.05) is 4.91 Å². The Hall–Kier alpha value is -2.84. The smallest absolute Gasteiger partial charge is 0.242 e. The van der Waals surface area contributed by atoms with E-state index < -0.39 is 5.91 Å². The Balaban J connectivity index is 2.52. The van der Waals surface area contributed by atoms with Crippen LogP contribution in [0.3, 0.4) is 0 Å². The van der Waals surface area contributed by atoms with Gasteiger partial charge in [-0.25, -0.2) is 0 Å². The van der Waals surface area contributed by atoms with Crippen molar-refractivity contribution in [2.75, 3.05) is 0 Å². The van der Waals surface area contributed by atoms with E-state index in [1.807, 2.05) is 60.7 Å². The van der Waals surface area contributed by atoms with Gasteiger partial charge >= 0.3 is 0 Å². The Labute approximate surface area is 110 Å². The molecule has 0 aliphatic rings.